The number of nitrogens with zero attached hydrogens (tertiary/aromatic N) is 2. The fraction of sp³-hybridized carbons (Fsp3) is 0.692. The van der Waals surface area contributed by atoms with Crippen LogP contribution in [0.3, 0.4) is 0 Å². The lowest BCUT2D eigenvalue weighted by Gasteiger charge is -2.01. The van der Waals surface area contributed by atoms with Gasteiger partial charge in [0.05, 0.1) is 12.2 Å². The van der Waals surface area contributed by atoms with E-state index in [0.717, 1.165) is 18.5 Å². The zero-order valence-corrected chi connectivity index (χ0v) is 10.7. The largest absolute Gasteiger partial charge is 0.350 e. The van der Waals surface area contributed by atoms with Crippen LogP contribution in [0.1, 0.15) is 56.3 Å². The summed E-state index contributed by atoms with van der Waals surface area (Å²) in [5.74, 6) is 0.836. The van der Waals surface area contributed by atoms with Crippen LogP contribution >= 0.6 is 0 Å². The average molecular weight is 235 g/mol. The molecule has 0 saturated heterocycles. The summed E-state index contributed by atoms with van der Waals surface area (Å²) in [5, 5.41) is 7.34. The van der Waals surface area contributed by atoms with Gasteiger partial charge in [-0.25, -0.2) is 0 Å². The Morgan fingerprint density at radius 3 is 3.00 bits per heavy atom. The molecule has 0 spiro atoms. The van der Waals surface area contributed by atoms with Gasteiger partial charge < -0.3 is 5.32 Å². The van der Waals surface area contributed by atoms with Crippen molar-refractivity contribution in [1.82, 2.24) is 15.1 Å². The second-order valence-corrected chi connectivity index (χ2v) is 4.84. The second kappa shape index (κ2) is 5.34. The minimum atomic E-state index is 0.130. The Kier molecular flexibility index (Phi) is 3.82. The van der Waals surface area contributed by atoms with E-state index in [2.05, 4.69) is 23.4 Å². The third kappa shape index (κ3) is 3.32. The van der Waals surface area contributed by atoms with Gasteiger partial charge in [-0.2, -0.15) is 5.10 Å². The lowest BCUT2D eigenvalue weighted by atomic mass is 10.2. The smallest absolute Gasteiger partial charge is 0.220 e. The third-order valence-electron chi connectivity index (χ3n) is 3.19. The Labute approximate surface area is 102 Å². The highest BCUT2D eigenvalue weighted by molar-refractivity contribution is 5.75. The highest BCUT2D eigenvalue weighted by atomic mass is 16.1. The molecule has 0 unspecified atom stereocenters. The zero-order valence-electron chi connectivity index (χ0n) is 10.7. The van der Waals surface area contributed by atoms with Crippen molar-refractivity contribution in [2.45, 2.75) is 51.5 Å². The van der Waals surface area contributed by atoms with Crippen molar-refractivity contribution in [3.63, 3.8) is 0 Å². The molecule has 0 radical (unpaired) electrons. The molecule has 1 N–H and O–H groups in total. The lowest BCUT2D eigenvalue weighted by molar-refractivity contribution is -0.121. The van der Waals surface area contributed by atoms with Crippen LogP contribution < -0.4 is 5.32 Å². The van der Waals surface area contributed by atoms with Gasteiger partial charge in [0.2, 0.25) is 5.91 Å². The Hall–Kier alpha value is -1.32. The molecule has 2 rings (SSSR count). The molecule has 17 heavy (non-hydrogen) atoms. The van der Waals surface area contributed by atoms with Crippen molar-refractivity contribution in [3.05, 3.63) is 17.5 Å². The molecule has 1 fully saturated rings. The minimum Gasteiger partial charge on any atom is -0.350 e. The molecular weight excluding hydrogens is 214 g/mol. The van der Waals surface area contributed by atoms with Gasteiger partial charge >= 0.3 is 0 Å². The molecule has 94 valence electrons. The molecule has 0 bridgehead atoms. The first-order valence-electron chi connectivity index (χ1n) is 6.50. The second-order valence-electron chi connectivity index (χ2n) is 4.84. The summed E-state index contributed by atoms with van der Waals surface area (Å²) in [6.45, 7) is 2.65. The first kappa shape index (κ1) is 12.1. The van der Waals surface area contributed by atoms with E-state index in [1.807, 2.05) is 11.7 Å². The van der Waals surface area contributed by atoms with Crippen LogP contribution in [-0.4, -0.2) is 15.7 Å². The number of hydrogen-bond acceptors (Lipinski definition) is 2. The number of unbranched alkanes of at least 4 members (excludes halogenated alkanes) is 1. The van der Waals surface area contributed by atoms with E-state index in [-0.39, 0.29) is 5.91 Å². The van der Waals surface area contributed by atoms with Gasteiger partial charge in [0.25, 0.3) is 0 Å². The summed E-state index contributed by atoms with van der Waals surface area (Å²) in [6, 6.07) is 2.12. The molecule has 1 aliphatic rings. The summed E-state index contributed by atoms with van der Waals surface area (Å²) >= 11 is 0. The van der Waals surface area contributed by atoms with E-state index in [1.54, 1.807) is 0 Å². The van der Waals surface area contributed by atoms with Crippen LogP contribution in [0.25, 0.3) is 0 Å². The number of aromatic nitrogens is 2. The van der Waals surface area contributed by atoms with Crippen molar-refractivity contribution >= 4 is 5.91 Å². The number of carbonyl (C=O) groups excluding carboxylic acids is 1. The number of amides is 1. The molecular formula is C13H21N3O. The molecule has 4 nitrogen and oxygen atoms in total. The Balaban J connectivity index is 1.82. The van der Waals surface area contributed by atoms with Crippen LogP contribution in [0.4, 0.5) is 0 Å². The van der Waals surface area contributed by atoms with Crippen LogP contribution in [0.15, 0.2) is 6.07 Å². The van der Waals surface area contributed by atoms with E-state index in [1.165, 1.54) is 18.5 Å². The fourth-order valence-corrected chi connectivity index (χ4v) is 2.01. The predicted molar refractivity (Wildman–Crippen MR) is 66.6 cm³/mol. The third-order valence-corrected chi connectivity index (χ3v) is 3.19. The summed E-state index contributed by atoms with van der Waals surface area (Å²) in [5.41, 5.74) is 2.28. The van der Waals surface area contributed by atoms with Crippen LogP contribution in [-0.2, 0) is 18.4 Å². The SMILES string of the molecule is CCCCC(=O)NCc1cc(C2CC2)n(C)n1. The Bertz CT molecular complexity index is 393. The van der Waals surface area contributed by atoms with Gasteiger partial charge in [-0.1, -0.05) is 13.3 Å². The van der Waals surface area contributed by atoms with Crippen LogP contribution in [0.2, 0.25) is 0 Å². The average Bonchev–Trinajstić information content (AvgIpc) is 3.08. The van der Waals surface area contributed by atoms with Crippen molar-refractivity contribution in [3.8, 4) is 0 Å². The molecule has 4 heteroatoms. The quantitative estimate of drug-likeness (QED) is 0.820. The van der Waals surface area contributed by atoms with E-state index in [9.17, 15) is 4.79 Å². The molecule has 1 saturated carbocycles. The van der Waals surface area contributed by atoms with Gasteiger partial charge in [-0.15, -0.1) is 0 Å². The maximum atomic E-state index is 11.5. The lowest BCUT2D eigenvalue weighted by Crippen LogP contribution is -2.22. The minimum absolute atomic E-state index is 0.130. The van der Waals surface area contributed by atoms with Gasteiger partial charge in [-0.3, -0.25) is 9.48 Å². The van der Waals surface area contributed by atoms with Crippen molar-refractivity contribution in [2.75, 3.05) is 0 Å². The van der Waals surface area contributed by atoms with Crippen molar-refractivity contribution in [1.29, 1.82) is 0 Å². The molecule has 0 atom stereocenters. The summed E-state index contributed by atoms with van der Waals surface area (Å²) in [7, 11) is 1.98. The highest BCUT2D eigenvalue weighted by Crippen LogP contribution is 2.39. The molecule has 1 aromatic rings. The molecule has 1 amide bonds. The number of rotatable bonds is 6. The zero-order chi connectivity index (χ0) is 12.3. The van der Waals surface area contributed by atoms with Crippen molar-refractivity contribution in [2.24, 2.45) is 7.05 Å². The molecule has 0 aromatic carbocycles. The monoisotopic (exact) mass is 235 g/mol. The molecule has 0 aliphatic heterocycles. The summed E-state index contributed by atoms with van der Waals surface area (Å²) < 4.78 is 1.95. The number of aryl methyl sites for hydroxylation is 1. The highest BCUT2D eigenvalue weighted by Gasteiger charge is 2.27. The van der Waals surface area contributed by atoms with Gasteiger partial charge in [-0.05, 0) is 25.3 Å². The Morgan fingerprint density at radius 2 is 2.35 bits per heavy atom. The standard InChI is InChI=1S/C13H21N3O/c1-3-4-5-13(17)14-9-11-8-12(10-6-7-10)16(2)15-11/h8,10H,3-7,9H2,1-2H3,(H,14,17). The van der Waals surface area contributed by atoms with E-state index in [0.29, 0.717) is 18.9 Å². The Morgan fingerprint density at radius 1 is 1.59 bits per heavy atom. The van der Waals surface area contributed by atoms with Crippen LogP contribution in [0, 0.1) is 0 Å². The summed E-state index contributed by atoms with van der Waals surface area (Å²) in [6.07, 6.45) is 5.20. The van der Waals surface area contributed by atoms with Gasteiger partial charge in [0, 0.05) is 25.1 Å². The maximum Gasteiger partial charge on any atom is 0.220 e. The first-order valence-corrected chi connectivity index (χ1v) is 6.50. The van der Waals surface area contributed by atoms with E-state index >= 15 is 0 Å². The van der Waals surface area contributed by atoms with Crippen molar-refractivity contribution < 1.29 is 4.79 Å². The number of carbonyl (C=O) groups is 1. The van der Waals surface area contributed by atoms with Gasteiger partial charge in [0.1, 0.15) is 0 Å². The normalized spacial score (nSPS) is 14.9. The predicted octanol–water partition coefficient (Wildman–Crippen LogP) is 2.10. The number of hydrogen-bond donors (Lipinski definition) is 1. The molecule has 1 aromatic heterocycles. The maximum absolute atomic E-state index is 11.5. The van der Waals surface area contributed by atoms with Crippen LogP contribution in [0.5, 0.6) is 0 Å². The molecule has 1 aliphatic carbocycles. The topological polar surface area (TPSA) is 46.9 Å². The molecule has 1 heterocycles. The van der Waals surface area contributed by atoms with E-state index in [4.69, 9.17) is 0 Å². The van der Waals surface area contributed by atoms with Gasteiger partial charge in [0.15, 0.2) is 0 Å². The number of nitrogens with one attached hydrogen (secondary N) is 1. The summed E-state index contributed by atoms with van der Waals surface area (Å²) in [4.78, 5) is 11.5. The van der Waals surface area contributed by atoms with E-state index < -0.39 is 0 Å². The first-order chi connectivity index (χ1) is 8.20. The fourth-order valence-electron chi connectivity index (χ4n) is 2.01.